The largest absolute Gasteiger partial charge is 0.275 e. The molecule has 0 N–H and O–H groups in total. The van der Waals surface area contributed by atoms with E-state index in [0.717, 1.165) is 30.0 Å². The molecule has 228 valence electrons. The molecule has 10 heteroatoms. The molecule has 0 aliphatic heterocycles. The minimum Gasteiger partial charge on any atom is -0.275 e. The standard InChI is InChI=1S/C15H14BrClFN5.C4H7O.3C4H9.Sn/c1-3-11-6-12(23(17)20-11)4-9-8-22(2)21-14(9)15-13(16)5-10(18)7-19-15;1-3-5-4-2;3*1-3-4-2;/h5-8H,3-4H2,1-2H3;1,4H2,2H3;3*1,3-4H2,2H3;. The van der Waals surface area contributed by atoms with Crippen molar-refractivity contribution in [2.45, 2.75) is 99.3 Å². The first-order valence-corrected chi connectivity index (χ1v) is 23.7. The summed E-state index contributed by atoms with van der Waals surface area (Å²) in [5.41, 5.74) is 4.03. The molecule has 0 aliphatic rings. The molecule has 3 aromatic rings. The van der Waals surface area contributed by atoms with E-state index in [1.54, 1.807) is 4.68 Å². The van der Waals surface area contributed by atoms with Crippen LogP contribution < -0.4 is 0 Å². The molecule has 41 heavy (non-hydrogen) atoms. The van der Waals surface area contributed by atoms with Crippen LogP contribution in [0.2, 0.25) is 13.3 Å². The van der Waals surface area contributed by atoms with Crippen molar-refractivity contribution in [2.24, 2.45) is 7.05 Å². The van der Waals surface area contributed by atoms with Crippen LogP contribution in [0.4, 0.5) is 4.39 Å². The fraction of sp³-hybridized carbons (Fsp3) is 0.581. The third kappa shape index (κ3) is 10.7. The summed E-state index contributed by atoms with van der Waals surface area (Å²) >= 11 is 7.24. The minimum atomic E-state index is -2.24. The maximum atomic E-state index is 13.3. The Morgan fingerprint density at radius 1 is 1.00 bits per heavy atom. The molecule has 0 fully saturated rings. The van der Waals surface area contributed by atoms with Crippen LogP contribution in [0.15, 0.2) is 39.4 Å². The maximum absolute atomic E-state index is 13.3. The third-order valence-corrected chi connectivity index (χ3v) is 23.3. The van der Waals surface area contributed by atoms with Gasteiger partial charge in [-0.2, -0.15) is 14.4 Å². The fourth-order valence-corrected chi connectivity index (χ4v) is 20.4. The van der Waals surface area contributed by atoms with Crippen LogP contribution in [0.3, 0.4) is 0 Å². The number of aryl methyl sites for hydroxylation is 2. The van der Waals surface area contributed by atoms with Crippen molar-refractivity contribution in [2.75, 3.05) is 6.61 Å². The zero-order chi connectivity index (χ0) is 30.4. The summed E-state index contributed by atoms with van der Waals surface area (Å²) in [6.07, 6.45) is 12.6. The monoisotopic (exact) mass is 759 g/mol. The number of unbranched alkanes of at least 4 members (excludes halogenated alkanes) is 3. The third-order valence-electron chi connectivity index (χ3n) is 7.39. The van der Waals surface area contributed by atoms with Crippen LogP contribution in [0.1, 0.15) is 90.1 Å². The summed E-state index contributed by atoms with van der Waals surface area (Å²) in [5.74, 6) is -0.399. The van der Waals surface area contributed by atoms with Gasteiger partial charge in [-0.1, -0.05) is 6.92 Å². The van der Waals surface area contributed by atoms with Crippen molar-refractivity contribution < 1.29 is 9.13 Å². The van der Waals surface area contributed by atoms with E-state index in [-0.39, 0.29) is 0 Å². The minimum absolute atomic E-state index is 0.399. The van der Waals surface area contributed by atoms with Crippen LogP contribution >= 0.6 is 27.7 Å². The second-order valence-electron chi connectivity index (χ2n) is 10.6. The van der Waals surface area contributed by atoms with Crippen LogP contribution in [-0.4, -0.2) is 49.0 Å². The molecule has 0 spiro atoms. The van der Waals surface area contributed by atoms with Crippen LogP contribution in [0, 0.1) is 5.82 Å². The second kappa shape index (κ2) is 18.3. The van der Waals surface area contributed by atoms with E-state index in [1.807, 2.05) is 26.2 Å². The Kier molecular flexibility index (Phi) is 16.0. The molecule has 0 unspecified atom stereocenters. The molecule has 0 aliphatic carbocycles. The van der Waals surface area contributed by atoms with Gasteiger partial charge in [0.25, 0.3) is 0 Å². The Hall–Kier alpha value is -1.39. The number of hydrogen-bond donors (Lipinski definition) is 0. The van der Waals surface area contributed by atoms with Gasteiger partial charge in [-0.15, -0.1) is 0 Å². The second-order valence-corrected chi connectivity index (χ2v) is 25.0. The molecule has 3 heterocycles. The summed E-state index contributed by atoms with van der Waals surface area (Å²) in [4.78, 5) is 4.15. The number of ether oxygens (including phenoxy) is 1. The molecular weight excluding hydrogens is 711 g/mol. The van der Waals surface area contributed by atoms with E-state index in [4.69, 9.17) is 16.5 Å². The van der Waals surface area contributed by atoms with Gasteiger partial charge in [-0.25, -0.2) is 4.39 Å². The molecule has 0 atom stereocenters. The van der Waals surface area contributed by atoms with E-state index < -0.39 is 24.2 Å². The summed E-state index contributed by atoms with van der Waals surface area (Å²) in [6, 6.07) is 3.35. The van der Waals surface area contributed by atoms with Gasteiger partial charge in [-0.05, 0) is 34.5 Å². The normalized spacial score (nSPS) is 11.3. The van der Waals surface area contributed by atoms with Crippen LogP contribution in [-0.2, 0) is 24.6 Å². The zero-order valence-corrected chi connectivity index (χ0v) is 31.0. The van der Waals surface area contributed by atoms with Crippen molar-refractivity contribution in [1.29, 1.82) is 0 Å². The van der Waals surface area contributed by atoms with E-state index in [0.29, 0.717) is 22.3 Å². The Morgan fingerprint density at radius 2 is 1.61 bits per heavy atom. The number of aromatic nitrogens is 5. The number of rotatable bonds is 16. The Morgan fingerprint density at radius 3 is 2.10 bits per heavy atom. The Balaban J connectivity index is 0.000000298. The van der Waals surface area contributed by atoms with Crippen molar-refractivity contribution in [1.82, 2.24) is 24.1 Å². The first-order valence-electron chi connectivity index (χ1n) is 15.0. The van der Waals surface area contributed by atoms with Gasteiger partial charge in [0.15, 0.2) is 0 Å². The Bertz CT molecular complexity index is 1210. The quantitative estimate of drug-likeness (QED) is 0.108. The van der Waals surface area contributed by atoms with Crippen molar-refractivity contribution in [3.8, 4) is 11.4 Å². The first kappa shape index (κ1) is 35.8. The summed E-state index contributed by atoms with van der Waals surface area (Å²) < 4.78 is 28.4. The van der Waals surface area contributed by atoms with Crippen molar-refractivity contribution in [3.63, 3.8) is 0 Å². The predicted octanol–water partition coefficient (Wildman–Crippen LogP) is 9.66. The molecule has 0 aromatic carbocycles. The number of pyridine rings is 1. The summed E-state index contributed by atoms with van der Waals surface area (Å²) in [6.45, 7) is 16.2. The topological polar surface area (TPSA) is 57.8 Å². The van der Waals surface area contributed by atoms with Gasteiger partial charge >= 0.3 is 120 Å². The molecule has 3 aromatic heterocycles. The van der Waals surface area contributed by atoms with Crippen LogP contribution in [0.5, 0.6) is 0 Å². The Labute approximate surface area is 264 Å². The summed E-state index contributed by atoms with van der Waals surface area (Å²) in [7, 11) is 1.83. The van der Waals surface area contributed by atoms with Crippen molar-refractivity contribution >= 4 is 46.1 Å². The molecule has 6 nitrogen and oxygen atoms in total. The zero-order valence-electron chi connectivity index (χ0n) is 25.8. The van der Waals surface area contributed by atoms with E-state index in [9.17, 15) is 4.39 Å². The van der Waals surface area contributed by atoms with E-state index in [1.165, 1.54) is 72.1 Å². The molecule has 0 saturated carbocycles. The number of halogens is 3. The van der Waals surface area contributed by atoms with Gasteiger partial charge in [0, 0.05) is 41.5 Å². The molecule has 0 amide bonds. The van der Waals surface area contributed by atoms with Gasteiger partial charge in [-0.3, -0.25) is 9.67 Å². The summed E-state index contributed by atoms with van der Waals surface area (Å²) in [5, 5.41) is 8.70. The maximum Gasteiger partial charge on any atom is 0.142 e. The molecule has 0 radical (unpaired) electrons. The average Bonchev–Trinajstić information content (AvgIpc) is 3.49. The predicted molar refractivity (Wildman–Crippen MR) is 175 cm³/mol. The van der Waals surface area contributed by atoms with Crippen molar-refractivity contribution in [3.05, 3.63) is 62.1 Å². The first-order chi connectivity index (χ1) is 19.6. The molecule has 0 saturated heterocycles. The van der Waals surface area contributed by atoms with E-state index in [2.05, 4.69) is 65.4 Å². The molecule has 3 rings (SSSR count). The van der Waals surface area contributed by atoms with Crippen LogP contribution in [0.25, 0.3) is 11.4 Å². The molecular formula is C31H48BrClFN5OSn. The van der Waals surface area contributed by atoms with Gasteiger partial charge in [0.2, 0.25) is 0 Å². The number of nitrogens with zero attached hydrogens (tertiary/aromatic N) is 5. The fourth-order valence-electron chi connectivity index (χ4n) is 5.06. The molecule has 0 bridgehead atoms. The van der Waals surface area contributed by atoms with Gasteiger partial charge < -0.3 is 0 Å². The number of hydrogen-bond acceptors (Lipinski definition) is 4. The van der Waals surface area contributed by atoms with Gasteiger partial charge in [0.1, 0.15) is 17.2 Å². The van der Waals surface area contributed by atoms with E-state index >= 15 is 0 Å². The average molecular weight is 760 g/mol. The smallest absolute Gasteiger partial charge is 0.142 e. The SMILES string of the molecule is C=[C](OCC)[Sn]([CH2]CCC)([CH2]CCC)[CH2]CCC.CCc1cc(Cc2cn(C)nc2-c2ncc(F)cc2Br)n(Cl)n1. The van der Waals surface area contributed by atoms with Gasteiger partial charge in [0.05, 0.1) is 17.6 Å².